The van der Waals surface area contributed by atoms with Crippen molar-refractivity contribution in [2.75, 3.05) is 0 Å². The molecule has 1 aliphatic rings. The van der Waals surface area contributed by atoms with Gasteiger partial charge in [-0.05, 0) is 58.4 Å². The van der Waals surface area contributed by atoms with Crippen molar-refractivity contribution in [1.29, 1.82) is 0 Å². The van der Waals surface area contributed by atoms with E-state index < -0.39 is 5.97 Å². The molecule has 0 amide bonds. The third-order valence-corrected chi connectivity index (χ3v) is 5.37. The van der Waals surface area contributed by atoms with Crippen LogP contribution in [-0.4, -0.2) is 11.1 Å². The minimum atomic E-state index is -0.928. The van der Waals surface area contributed by atoms with Gasteiger partial charge < -0.3 is 5.11 Å². The highest BCUT2D eigenvalue weighted by molar-refractivity contribution is 5.86. The summed E-state index contributed by atoms with van der Waals surface area (Å²) in [5.41, 5.74) is 6.74. The second-order valence-electron chi connectivity index (χ2n) is 9.50. The van der Waals surface area contributed by atoms with Gasteiger partial charge in [0.2, 0.25) is 0 Å². The standard InChI is InChI=1S/C26H30O2/c1-25(2)16-22(17-26(3,4)18-25)24(20-8-6-5-7-9-20)21-13-10-19(11-14-21)12-15-23(27)28/h5-15H,16-18H2,1-4H3,(H,27,28). The molecule has 0 bridgehead atoms. The molecule has 1 aliphatic carbocycles. The second kappa shape index (κ2) is 7.79. The number of benzene rings is 2. The maximum absolute atomic E-state index is 10.8. The van der Waals surface area contributed by atoms with Crippen LogP contribution in [0.2, 0.25) is 0 Å². The number of carboxylic acids is 1. The largest absolute Gasteiger partial charge is 0.478 e. The molecule has 1 N–H and O–H groups in total. The second-order valence-corrected chi connectivity index (χ2v) is 9.50. The third-order valence-electron chi connectivity index (χ3n) is 5.37. The smallest absolute Gasteiger partial charge is 0.328 e. The number of rotatable bonds is 4. The average molecular weight is 375 g/mol. The minimum absolute atomic E-state index is 0.279. The van der Waals surface area contributed by atoms with Gasteiger partial charge in [-0.2, -0.15) is 0 Å². The van der Waals surface area contributed by atoms with Crippen LogP contribution in [0.3, 0.4) is 0 Å². The van der Waals surface area contributed by atoms with Crippen molar-refractivity contribution in [2.24, 2.45) is 10.8 Å². The lowest BCUT2D eigenvalue weighted by atomic mass is 9.62. The minimum Gasteiger partial charge on any atom is -0.478 e. The van der Waals surface area contributed by atoms with Crippen LogP contribution < -0.4 is 0 Å². The van der Waals surface area contributed by atoms with Crippen molar-refractivity contribution in [2.45, 2.75) is 47.0 Å². The van der Waals surface area contributed by atoms with Crippen molar-refractivity contribution in [3.63, 3.8) is 0 Å². The summed E-state index contributed by atoms with van der Waals surface area (Å²) < 4.78 is 0. The lowest BCUT2D eigenvalue weighted by Crippen LogP contribution is -2.30. The highest BCUT2D eigenvalue weighted by atomic mass is 16.4. The Morgan fingerprint density at radius 1 is 0.857 bits per heavy atom. The molecule has 0 radical (unpaired) electrons. The topological polar surface area (TPSA) is 37.3 Å². The number of hydrogen-bond donors (Lipinski definition) is 1. The van der Waals surface area contributed by atoms with Crippen molar-refractivity contribution in [3.05, 3.63) is 82.9 Å². The Hall–Kier alpha value is -2.61. The Morgan fingerprint density at radius 2 is 1.39 bits per heavy atom. The number of carboxylic acid groups (broad SMARTS) is 1. The Labute approximate surface area is 168 Å². The molecule has 28 heavy (non-hydrogen) atoms. The first-order chi connectivity index (χ1) is 13.2. The van der Waals surface area contributed by atoms with E-state index in [1.807, 2.05) is 12.1 Å². The van der Waals surface area contributed by atoms with E-state index in [0.29, 0.717) is 0 Å². The molecule has 146 valence electrons. The molecular weight excluding hydrogens is 344 g/mol. The fourth-order valence-corrected chi connectivity index (χ4v) is 4.92. The van der Waals surface area contributed by atoms with Gasteiger partial charge in [0.1, 0.15) is 0 Å². The van der Waals surface area contributed by atoms with Gasteiger partial charge in [-0.15, -0.1) is 0 Å². The van der Waals surface area contributed by atoms with Crippen LogP contribution in [0.25, 0.3) is 11.6 Å². The number of carbonyl (C=O) groups is 1. The zero-order valence-electron chi connectivity index (χ0n) is 17.3. The Bertz CT molecular complexity index is 879. The molecule has 1 fully saturated rings. The summed E-state index contributed by atoms with van der Waals surface area (Å²) in [6.45, 7) is 9.49. The normalized spacial score (nSPS) is 18.2. The summed E-state index contributed by atoms with van der Waals surface area (Å²) in [7, 11) is 0. The Balaban J connectivity index is 2.10. The van der Waals surface area contributed by atoms with E-state index in [0.717, 1.165) is 18.4 Å². The molecule has 0 heterocycles. The Morgan fingerprint density at radius 3 is 1.93 bits per heavy atom. The zero-order valence-corrected chi connectivity index (χ0v) is 17.3. The van der Waals surface area contributed by atoms with Crippen LogP contribution >= 0.6 is 0 Å². The van der Waals surface area contributed by atoms with Gasteiger partial charge in [0.15, 0.2) is 0 Å². The molecule has 2 aromatic rings. The van der Waals surface area contributed by atoms with Crippen molar-refractivity contribution >= 4 is 17.6 Å². The average Bonchev–Trinajstić information content (AvgIpc) is 2.59. The van der Waals surface area contributed by atoms with Crippen LogP contribution in [0.1, 0.15) is 63.6 Å². The van der Waals surface area contributed by atoms with Gasteiger partial charge in [0.25, 0.3) is 0 Å². The van der Waals surface area contributed by atoms with E-state index in [1.165, 1.54) is 34.8 Å². The quantitative estimate of drug-likeness (QED) is 0.596. The van der Waals surface area contributed by atoms with Gasteiger partial charge in [-0.1, -0.05) is 87.9 Å². The maximum Gasteiger partial charge on any atom is 0.328 e. The van der Waals surface area contributed by atoms with Crippen molar-refractivity contribution in [3.8, 4) is 0 Å². The molecule has 2 heteroatoms. The summed E-state index contributed by atoms with van der Waals surface area (Å²) in [5.74, 6) is -0.928. The summed E-state index contributed by atoms with van der Waals surface area (Å²) >= 11 is 0. The summed E-state index contributed by atoms with van der Waals surface area (Å²) in [5, 5.41) is 8.84. The predicted molar refractivity (Wildman–Crippen MR) is 117 cm³/mol. The van der Waals surface area contributed by atoms with Crippen molar-refractivity contribution in [1.82, 2.24) is 0 Å². The van der Waals surface area contributed by atoms with E-state index in [4.69, 9.17) is 5.11 Å². The molecule has 3 rings (SSSR count). The van der Waals surface area contributed by atoms with Gasteiger partial charge in [-0.25, -0.2) is 4.79 Å². The van der Waals surface area contributed by atoms with E-state index in [1.54, 1.807) is 6.08 Å². The molecule has 1 saturated carbocycles. The van der Waals surface area contributed by atoms with E-state index in [-0.39, 0.29) is 10.8 Å². The van der Waals surface area contributed by atoms with Gasteiger partial charge in [-0.3, -0.25) is 0 Å². The third kappa shape index (κ3) is 5.01. The molecular formula is C26H30O2. The van der Waals surface area contributed by atoms with Crippen LogP contribution in [-0.2, 0) is 4.79 Å². The predicted octanol–water partition coefficient (Wildman–Crippen LogP) is 6.82. The number of allylic oxidation sites excluding steroid dienone is 1. The number of hydrogen-bond acceptors (Lipinski definition) is 1. The van der Waals surface area contributed by atoms with Crippen LogP contribution in [0.5, 0.6) is 0 Å². The van der Waals surface area contributed by atoms with Crippen molar-refractivity contribution < 1.29 is 9.90 Å². The Kier molecular flexibility index (Phi) is 5.60. The molecule has 0 spiro atoms. The molecule has 0 saturated heterocycles. The fourth-order valence-electron chi connectivity index (χ4n) is 4.92. The first kappa shape index (κ1) is 20.1. The lowest BCUT2D eigenvalue weighted by Gasteiger charge is -2.43. The molecule has 0 unspecified atom stereocenters. The fraction of sp³-hybridized carbons (Fsp3) is 0.346. The van der Waals surface area contributed by atoms with Crippen LogP contribution in [0, 0.1) is 10.8 Å². The summed E-state index contributed by atoms with van der Waals surface area (Å²) in [6, 6.07) is 18.9. The molecule has 0 atom stereocenters. The summed E-state index contributed by atoms with van der Waals surface area (Å²) in [4.78, 5) is 10.8. The molecule has 2 nitrogen and oxygen atoms in total. The van der Waals surface area contributed by atoms with E-state index >= 15 is 0 Å². The monoisotopic (exact) mass is 374 g/mol. The van der Waals surface area contributed by atoms with E-state index in [2.05, 4.69) is 70.2 Å². The van der Waals surface area contributed by atoms with Gasteiger partial charge in [0.05, 0.1) is 0 Å². The first-order valence-electron chi connectivity index (χ1n) is 9.94. The lowest BCUT2D eigenvalue weighted by molar-refractivity contribution is -0.131. The highest BCUT2D eigenvalue weighted by Crippen LogP contribution is 2.50. The molecule has 0 aromatic heterocycles. The molecule has 2 aromatic carbocycles. The summed E-state index contributed by atoms with van der Waals surface area (Å²) in [6.07, 6.45) is 6.24. The van der Waals surface area contributed by atoms with Crippen LogP contribution in [0.15, 0.2) is 66.2 Å². The highest BCUT2D eigenvalue weighted by Gasteiger charge is 2.37. The van der Waals surface area contributed by atoms with Gasteiger partial charge >= 0.3 is 5.97 Å². The number of aliphatic carboxylic acids is 1. The molecule has 0 aliphatic heterocycles. The SMILES string of the molecule is CC1(C)CC(=C(c2ccccc2)c2ccc(C=CC(=O)O)cc2)CC(C)(C)C1. The maximum atomic E-state index is 10.8. The van der Waals surface area contributed by atoms with E-state index in [9.17, 15) is 4.79 Å². The van der Waals surface area contributed by atoms with Gasteiger partial charge in [0, 0.05) is 6.08 Å². The van der Waals surface area contributed by atoms with Crippen LogP contribution in [0.4, 0.5) is 0 Å². The first-order valence-corrected chi connectivity index (χ1v) is 9.94. The zero-order chi connectivity index (χ0) is 20.4.